The zero-order valence-corrected chi connectivity index (χ0v) is 30.1. The number of likely N-dealkylation sites (N-methyl/N-ethyl adjacent to an activating group) is 1. The molecule has 6 rings (SSSR count). The first kappa shape index (κ1) is 37.2. The van der Waals surface area contributed by atoms with Crippen molar-refractivity contribution in [2.45, 2.75) is 39.5 Å². The minimum atomic E-state index is -0.560. The molecule has 0 saturated carbocycles. The molecule has 2 heterocycles. The molecule has 2 aliphatic rings. The van der Waals surface area contributed by atoms with Crippen LogP contribution >= 0.6 is 0 Å². The molecular weight excluding hydrogens is 640 g/mol. The van der Waals surface area contributed by atoms with Crippen molar-refractivity contribution >= 4 is 29.1 Å². The Bertz CT molecular complexity index is 1780. The van der Waals surface area contributed by atoms with Crippen LogP contribution in [-0.2, 0) is 17.6 Å². The lowest BCUT2D eigenvalue weighted by Crippen LogP contribution is -2.41. The Hall–Kier alpha value is -5.06. The van der Waals surface area contributed by atoms with Crippen molar-refractivity contribution in [2.75, 3.05) is 69.7 Å². The molecule has 0 atom stereocenters. The van der Waals surface area contributed by atoms with Crippen LogP contribution in [-0.4, -0.2) is 92.0 Å². The van der Waals surface area contributed by atoms with E-state index in [2.05, 4.69) is 58.2 Å². The van der Waals surface area contributed by atoms with Crippen molar-refractivity contribution < 1.29 is 19.1 Å². The van der Waals surface area contributed by atoms with Crippen molar-refractivity contribution in [2.24, 2.45) is 5.73 Å². The van der Waals surface area contributed by atoms with E-state index in [1.54, 1.807) is 59.5 Å². The van der Waals surface area contributed by atoms with E-state index < -0.39 is 5.91 Å². The van der Waals surface area contributed by atoms with Gasteiger partial charge in [-0.15, -0.1) is 0 Å². The highest BCUT2D eigenvalue weighted by Crippen LogP contribution is 2.32. The smallest absolute Gasteiger partial charge is 0.255 e. The molecule has 0 bridgehead atoms. The van der Waals surface area contributed by atoms with Crippen LogP contribution in [0.1, 0.15) is 68.9 Å². The van der Waals surface area contributed by atoms with Crippen LogP contribution in [0.3, 0.4) is 0 Å². The number of amides is 3. The topological polar surface area (TPSA) is 121 Å². The van der Waals surface area contributed by atoms with Gasteiger partial charge in [-0.2, -0.15) is 0 Å². The first-order valence-electron chi connectivity index (χ1n) is 18.0. The number of ether oxygens (including phenoxy) is 1. The molecule has 1 aliphatic heterocycles. The van der Waals surface area contributed by atoms with Crippen molar-refractivity contribution in [3.05, 3.63) is 113 Å². The number of anilines is 2. The second-order valence-electron chi connectivity index (χ2n) is 12.9. The number of rotatable bonds is 11. The van der Waals surface area contributed by atoms with Gasteiger partial charge in [-0.3, -0.25) is 24.3 Å². The largest absolute Gasteiger partial charge is 0.379 e. The Labute approximate surface area is 301 Å². The predicted molar refractivity (Wildman–Crippen MR) is 203 cm³/mol. The van der Waals surface area contributed by atoms with E-state index in [4.69, 9.17) is 10.5 Å². The summed E-state index contributed by atoms with van der Waals surface area (Å²) in [6.45, 7) is 10.2. The quantitative estimate of drug-likeness (QED) is 0.201. The molecule has 268 valence electrons. The van der Waals surface area contributed by atoms with Gasteiger partial charge in [0.05, 0.1) is 24.6 Å². The average Bonchev–Trinajstić information content (AvgIpc) is 3.18. The summed E-state index contributed by atoms with van der Waals surface area (Å²) in [7, 11) is 1.77. The summed E-state index contributed by atoms with van der Waals surface area (Å²) in [5.74, 6) is -1.07. The van der Waals surface area contributed by atoms with Crippen molar-refractivity contribution in [3.63, 3.8) is 0 Å². The van der Waals surface area contributed by atoms with E-state index in [-0.39, 0.29) is 11.8 Å². The second kappa shape index (κ2) is 18.3. The number of morpholine rings is 1. The molecule has 3 N–H and O–H groups in total. The average molecular weight is 691 g/mol. The van der Waals surface area contributed by atoms with Crippen LogP contribution in [0.5, 0.6) is 0 Å². The molecule has 0 radical (unpaired) electrons. The third kappa shape index (κ3) is 10.0. The number of aromatic nitrogens is 1. The van der Waals surface area contributed by atoms with Gasteiger partial charge in [0.1, 0.15) is 0 Å². The number of hydrogen-bond donors (Lipinski definition) is 2. The molecule has 3 aromatic carbocycles. The van der Waals surface area contributed by atoms with Gasteiger partial charge in [0.25, 0.3) is 11.8 Å². The van der Waals surface area contributed by atoms with Crippen LogP contribution in [0.2, 0.25) is 0 Å². The summed E-state index contributed by atoms with van der Waals surface area (Å²) in [6, 6.07) is 24.4. The van der Waals surface area contributed by atoms with Gasteiger partial charge >= 0.3 is 0 Å². The lowest BCUT2D eigenvalue weighted by atomic mass is 9.92. The monoisotopic (exact) mass is 690 g/mol. The predicted octanol–water partition coefficient (Wildman–Crippen LogP) is 5.92. The SMILES string of the molecule is CCN(CC)c1ccc(NC(=O)c2cccc(C(=O)N(C)CCN3CCOCC3)c2)c(-c2cc(C(N)=O)ccn2)c1.c1ccc2c(c1)CCCC2. The summed E-state index contributed by atoms with van der Waals surface area (Å²) in [6.07, 6.45) is 6.90. The fourth-order valence-electron chi connectivity index (χ4n) is 6.47. The molecule has 1 fully saturated rings. The minimum absolute atomic E-state index is 0.148. The van der Waals surface area contributed by atoms with Gasteiger partial charge in [0, 0.05) is 80.5 Å². The van der Waals surface area contributed by atoms with Crippen molar-refractivity contribution in [1.29, 1.82) is 0 Å². The van der Waals surface area contributed by atoms with E-state index in [0.717, 1.165) is 38.4 Å². The molecule has 1 saturated heterocycles. The first-order valence-corrected chi connectivity index (χ1v) is 18.0. The van der Waals surface area contributed by atoms with Gasteiger partial charge in [0.15, 0.2) is 0 Å². The van der Waals surface area contributed by atoms with Gasteiger partial charge < -0.3 is 25.6 Å². The van der Waals surface area contributed by atoms with Crippen LogP contribution in [0.25, 0.3) is 11.3 Å². The van der Waals surface area contributed by atoms with Crippen LogP contribution in [0, 0.1) is 0 Å². The van der Waals surface area contributed by atoms with E-state index in [1.165, 1.54) is 31.9 Å². The van der Waals surface area contributed by atoms with E-state index in [0.29, 0.717) is 53.4 Å². The highest BCUT2D eigenvalue weighted by atomic mass is 16.5. The number of carbonyl (C=O) groups is 3. The summed E-state index contributed by atoms with van der Waals surface area (Å²) in [4.78, 5) is 49.0. The number of hydrogen-bond acceptors (Lipinski definition) is 7. The van der Waals surface area contributed by atoms with E-state index >= 15 is 0 Å². The third-order valence-corrected chi connectivity index (χ3v) is 9.53. The fraction of sp³-hybridized carbons (Fsp3) is 0.366. The van der Waals surface area contributed by atoms with Gasteiger partial charge in [-0.25, -0.2) is 0 Å². The molecule has 10 heteroatoms. The Balaban J connectivity index is 0.000000428. The third-order valence-electron chi connectivity index (χ3n) is 9.53. The highest BCUT2D eigenvalue weighted by Gasteiger charge is 2.19. The number of pyridine rings is 1. The molecule has 3 amide bonds. The first-order chi connectivity index (χ1) is 24.8. The maximum Gasteiger partial charge on any atom is 0.255 e. The van der Waals surface area contributed by atoms with E-state index in [1.807, 2.05) is 18.2 Å². The Morgan fingerprint density at radius 2 is 1.53 bits per heavy atom. The van der Waals surface area contributed by atoms with Gasteiger partial charge in [-0.1, -0.05) is 30.3 Å². The molecule has 0 spiro atoms. The highest BCUT2D eigenvalue weighted by molar-refractivity contribution is 6.08. The lowest BCUT2D eigenvalue weighted by Gasteiger charge is -2.28. The molecule has 1 aliphatic carbocycles. The molecule has 10 nitrogen and oxygen atoms in total. The summed E-state index contributed by atoms with van der Waals surface area (Å²) >= 11 is 0. The van der Waals surface area contributed by atoms with Crippen molar-refractivity contribution in [3.8, 4) is 11.3 Å². The molecule has 1 aromatic heterocycles. The Kier molecular flexibility index (Phi) is 13.3. The maximum atomic E-state index is 13.4. The van der Waals surface area contributed by atoms with Crippen LogP contribution in [0.4, 0.5) is 11.4 Å². The standard InChI is InChI=1S/C31H38N6O4.C10H12/c1-4-37(5-2)25-9-10-27(26(21-25)28-20-22(29(32)38)11-12-33-28)34-30(39)23-7-6-8-24(19-23)31(40)35(3)13-14-36-15-17-41-18-16-36;1-2-6-10-8-4-3-7-9(10)5-1/h6-12,19-21H,4-5,13-18H2,1-3H3,(H2,32,38)(H,34,39);1-2,5-6H,3-4,7-8H2. The number of benzene rings is 3. The zero-order chi connectivity index (χ0) is 36.2. The van der Waals surface area contributed by atoms with Crippen LogP contribution < -0.4 is 16.0 Å². The molecule has 0 unspecified atom stereocenters. The number of primary amides is 1. The molecule has 51 heavy (non-hydrogen) atoms. The maximum absolute atomic E-state index is 13.4. The lowest BCUT2D eigenvalue weighted by molar-refractivity contribution is 0.0338. The summed E-state index contributed by atoms with van der Waals surface area (Å²) in [5.41, 5.74) is 12.4. The van der Waals surface area contributed by atoms with Gasteiger partial charge in [-0.05, 0) is 99.2 Å². The summed E-state index contributed by atoms with van der Waals surface area (Å²) < 4.78 is 5.39. The fourth-order valence-corrected chi connectivity index (χ4v) is 6.47. The number of nitrogens with one attached hydrogen (secondary N) is 1. The van der Waals surface area contributed by atoms with Crippen LogP contribution in [0.15, 0.2) is 85.1 Å². The number of nitrogens with two attached hydrogens (primary N) is 1. The molecule has 4 aromatic rings. The van der Waals surface area contributed by atoms with E-state index in [9.17, 15) is 14.4 Å². The normalized spacial score (nSPS) is 14.0. The number of aryl methyl sites for hydroxylation is 2. The Morgan fingerprint density at radius 3 is 2.20 bits per heavy atom. The van der Waals surface area contributed by atoms with Crippen molar-refractivity contribution in [1.82, 2.24) is 14.8 Å². The summed E-state index contributed by atoms with van der Waals surface area (Å²) in [5, 5.41) is 2.98. The number of carbonyl (C=O) groups excluding carboxylic acids is 3. The van der Waals surface area contributed by atoms with Gasteiger partial charge in [0.2, 0.25) is 5.91 Å². The zero-order valence-electron chi connectivity index (χ0n) is 30.1. The Morgan fingerprint density at radius 1 is 0.843 bits per heavy atom. The minimum Gasteiger partial charge on any atom is -0.379 e. The number of fused-ring (bicyclic) bond motifs is 1. The number of nitrogens with zero attached hydrogens (tertiary/aromatic N) is 4. The second-order valence-corrected chi connectivity index (χ2v) is 12.9. The molecular formula is C41H50N6O4.